The molecule has 0 heterocycles. The fraction of sp³-hybridized carbons (Fsp3) is 0.161. The highest BCUT2D eigenvalue weighted by molar-refractivity contribution is 6.31. The summed E-state index contributed by atoms with van der Waals surface area (Å²) in [5, 5.41) is 1.12. The van der Waals surface area contributed by atoms with E-state index in [9.17, 15) is 9.59 Å². The van der Waals surface area contributed by atoms with Crippen LogP contribution in [0, 0.1) is 0 Å². The van der Waals surface area contributed by atoms with Gasteiger partial charge in [-0.05, 0) is 70.8 Å². The normalized spacial score (nSPS) is 10.6. The first-order chi connectivity index (χ1) is 18.8. The number of halogens is 2. The van der Waals surface area contributed by atoms with Gasteiger partial charge in [0.25, 0.3) is 0 Å². The zero-order valence-corrected chi connectivity index (χ0v) is 23.4. The van der Waals surface area contributed by atoms with Crippen LogP contribution in [0.4, 0.5) is 0 Å². The second-order valence-electron chi connectivity index (χ2n) is 8.61. The monoisotopic (exact) mass is 564 g/mol. The Morgan fingerprint density at radius 2 is 1.00 bits per heavy atom. The van der Waals surface area contributed by atoms with Gasteiger partial charge in [0.2, 0.25) is 0 Å². The predicted molar refractivity (Wildman–Crippen MR) is 152 cm³/mol. The Balaban J connectivity index is 1.97. The summed E-state index contributed by atoms with van der Waals surface area (Å²) >= 11 is 12.5. The first-order valence-corrected chi connectivity index (χ1v) is 12.7. The molecular formula is C31H26Cl2O6. The standard InChI is InChI=1S/C31H26Cl2O6/c1-36-28-22(11-20(16-26(28)30(34)38-3)18-7-5-9-24(32)14-18)13-23-12-21(19-8-6-10-25(33)15-19)17-27(29(23)37-2)31(35)39-4/h5-12,14-17H,13H2,1-4H3. The third-order valence-corrected chi connectivity index (χ3v) is 6.72. The number of methoxy groups -OCH3 is 4. The van der Waals surface area contributed by atoms with Crippen LogP contribution in [0.3, 0.4) is 0 Å². The van der Waals surface area contributed by atoms with E-state index in [1.807, 2.05) is 48.5 Å². The van der Waals surface area contributed by atoms with Gasteiger partial charge < -0.3 is 18.9 Å². The molecule has 0 atom stereocenters. The molecule has 0 aliphatic rings. The van der Waals surface area contributed by atoms with E-state index < -0.39 is 11.9 Å². The number of carbonyl (C=O) groups excluding carboxylic acids is 2. The third-order valence-electron chi connectivity index (χ3n) is 6.25. The summed E-state index contributed by atoms with van der Waals surface area (Å²) in [6, 6.07) is 21.9. The van der Waals surface area contributed by atoms with Gasteiger partial charge in [0.05, 0.1) is 28.4 Å². The summed E-state index contributed by atoms with van der Waals surface area (Å²) in [5.74, 6) is -0.399. The van der Waals surface area contributed by atoms with Crippen LogP contribution in [0.15, 0.2) is 72.8 Å². The van der Waals surface area contributed by atoms with Crippen LogP contribution in [0.5, 0.6) is 11.5 Å². The molecule has 0 fully saturated rings. The van der Waals surface area contributed by atoms with E-state index in [2.05, 4.69) is 0 Å². The van der Waals surface area contributed by atoms with Gasteiger partial charge in [0.15, 0.2) is 0 Å². The smallest absolute Gasteiger partial charge is 0.341 e. The molecule has 0 aromatic heterocycles. The van der Waals surface area contributed by atoms with Gasteiger partial charge in [-0.1, -0.05) is 47.5 Å². The van der Waals surface area contributed by atoms with E-state index in [0.717, 1.165) is 22.3 Å². The Hall–Kier alpha value is -4.00. The van der Waals surface area contributed by atoms with Crippen molar-refractivity contribution in [2.24, 2.45) is 0 Å². The average molecular weight is 565 g/mol. The van der Waals surface area contributed by atoms with E-state index in [4.69, 9.17) is 42.1 Å². The summed E-state index contributed by atoms with van der Waals surface area (Å²) in [6.45, 7) is 0. The van der Waals surface area contributed by atoms with Gasteiger partial charge in [-0.25, -0.2) is 9.59 Å². The summed E-state index contributed by atoms with van der Waals surface area (Å²) < 4.78 is 21.5. The number of esters is 2. The predicted octanol–water partition coefficient (Wildman–Crippen LogP) is 7.51. The van der Waals surface area contributed by atoms with Crippen molar-refractivity contribution in [1.29, 1.82) is 0 Å². The lowest BCUT2D eigenvalue weighted by Crippen LogP contribution is -2.09. The third kappa shape index (κ3) is 6.03. The molecule has 0 radical (unpaired) electrons. The van der Waals surface area contributed by atoms with Crippen LogP contribution >= 0.6 is 23.2 Å². The number of ether oxygens (including phenoxy) is 4. The van der Waals surface area contributed by atoms with Crippen molar-refractivity contribution >= 4 is 35.1 Å². The molecule has 0 aliphatic heterocycles. The summed E-state index contributed by atoms with van der Waals surface area (Å²) in [7, 11) is 5.61. The van der Waals surface area contributed by atoms with Crippen molar-refractivity contribution in [2.75, 3.05) is 28.4 Å². The van der Waals surface area contributed by atoms with Gasteiger partial charge in [0, 0.05) is 27.6 Å². The van der Waals surface area contributed by atoms with Crippen molar-refractivity contribution in [1.82, 2.24) is 0 Å². The van der Waals surface area contributed by atoms with Gasteiger partial charge in [-0.15, -0.1) is 0 Å². The Morgan fingerprint density at radius 3 is 1.33 bits per heavy atom. The molecule has 4 rings (SSSR count). The van der Waals surface area contributed by atoms with Crippen molar-refractivity contribution in [3.05, 3.63) is 105 Å². The number of benzene rings is 4. The zero-order chi connectivity index (χ0) is 28.1. The highest BCUT2D eigenvalue weighted by atomic mass is 35.5. The summed E-state index contributed by atoms with van der Waals surface area (Å²) in [4.78, 5) is 25.6. The molecule has 0 saturated heterocycles. The highest BCUT2D eigenvalue weighted by Crippen LogP contribution is 2.38. The second-order valence-corrected chi connectivity index (χ2v) is 9.49. The van der Waals surface area contributed by atoms with E-state index in [1.165, 1.54) is 28.4 Å². The zero-order valence-electron chi connectivity index (χ0n) is 21.8. The SMILES string of the molecule is COC(=O)c1cc(-c2cccc(Cl)c2)cc(Cc2cc(-c3cccc(Cl)c3)cc(C(=O)OC)c2OC)c1OC. The first-order valence-electron chi connectivity index (χ1n) is 11.9. The van der Waals surface area contributed by atoms with Crippen molar-refractivity contribution in [2.45, 2.75) is 6.42 Å². The summed E-state index contributed by atoms with van der Waals surface area (Å²) in [5.41, 5.74) is 4.97. The lowest BCUT2D eigenvalue weighted by Gasteiger charge is -2.19. The molecule has 6 nitrogen and oxygen atoms in total. The minimum atomic E-state index is -0.549. The fourth-order valence-electron chi connectivity index (χ4n) is 4.52. The maximum Gasteiger partial charge on any atom is 0.341 e. The van der Waals surface area contributed by atoms with Gasteiger partial charge in [-0.3, -0.25) is 0 Å². The van der Waals surface area contributed by atoms with E-state index >= 15 is 0 Å². The fourth-order valence-corrected chi connectivity index (χ4v) is 4.90. The van der Waals surface area contributed by atoms with Crippen LogP contribution in [0.2, 0.25) is 10.0 Å². The molecule has 8 heteroatoms. The van der Waals surface area contributed by atoms with Crippen LogP contribution < -0.4 is 9.47 Å². The molecule has 4 aromatic rings. The minimum Gasteiger partial charge on any atom is -0.496 e. The molecule has 39 heavy (non-hydrogen) atoms. The van der Waals surface area contributed by atoms with Gasteiger partial charge >= 0.3 is 11.9 Å². The molecule has 4 aromatic carbocycles. The summed E-state index contributed by atoms with van der Waals surface area (Å²) in [6.07, 6.45) is 0.253. The number of carbonyl (C=O) groups is 2. The maximum atomic E-state index is 12.8. The quantitative estimate of drug-likeness (QED) is 0.206. The van der Waals surface area contributed by atoms with E-state index in [1.54, 1.807) is 24.3 Å². The van der Waals surface area contributed by atoms with E-state index in [-0.39, 0.29) is 17.5 Å². The lowest BCUT2D eigenvalue weighted by atomic mass is 9.91. The molecular weight excluding hydrogens is 539 g/mol. The molecule has 0 spiro atoms. The molecule has 0 bridgehead atoms. The van der Waals surface area contributed by atoms with Crippen molar-refractivity contribution in [3.63, 3.8) is 0 Å². The molecule has 0 saturated carbocycles. The van der Waals surface area contributed by atoms with Crippen LogP contribution in [-0.2, 0) is 15.9 Å². The second kappa shape index (κ2) is 12.2. The number of rotatable bonds is 8. The van der Waals surface area contributed by atoms with Crippen LogP contribution in [-0.4, -0.2) is 40.4 Å². The number of hydrogen-bond donors (Lipinski definition) is 0. The van der Waals surface area contributed by atoms with Crippen molar-refractivity contribution < 1.29 is 28.5 Å². The minimum absolute atomic E-state index is 0.253. The molecule has 0 aliphatic carbocycles. The largest absolute Gasteiger partial charge is 0.496 e. The average Bonchev–Trinajstić information content (AvgIpc) is 2.95. The highest BCUT2D eigenvalue weighted by Gasteiger charge is 2.23. The Bertz CT molecular complexity index is 1430. The van der Waals surface area contributed by atoms with Crippen LogP contribution in [0.1, 0.15) is 31.8 Å². The van der Waals surface area contributed by atoms with Gasteiger partial charge in [0.1, 0.15) is 22.6 Å². The van der Waals surface area contributed by atoms with E-state index in [0.29, 0.717) is 32.7 Å². The first kappa shape index (κ1) is 28.0. The Kier molecular flexibility index (Phi) is 8.79. The maximum absolute atomic E-state index is 12.8. The topological polar surface area (TPSA) is 71.1 Å². The molecule has 0 N–H and O–H groups in total. The van der Waals surface area contributed by atoms with Gasteiger partial charge in [-0.2, -0.15) is 0 Å². The van der Waals surface area contributed by atoms with Crippen LogP contribution in [0.25, 0.3) is 22.3 Å². The molecule has 200 valence electrons. The lowest BCUT2D eigenvalue weighted by molar-refractivity contribution is 0.0588. The Labute approximate surface area is 237 Å². The molecule has 0 amide bonds. The number of hydrogen-bond acceptors (Lipinski definition) is 6. The van der Waals surface area contributed by atoms with Crippen molar-refractivity contribution in [3.8, 4) is 33.8 Å². The molecule has 0 unspecified atom stereocenters. The Morgan fingerprint density at radius 1 is 0.590 bits per heavy atom.